The van der Waals surface area contributed by atoms with Crippen molar-refractivity contribution in [2.75, 3.05) is 21.7 Å². The van der Waals surface area contributed by atoms with Crippen molar-refractivity contribution in [1.29, 1.82) is 0 Å². The summed E-state index contributed by atoms with van der Waals surface area (Å²) >= 11 is 34.3. The predicted molar refractivity (Wildman–Crippen MR) is 325 cm³/mol. The lowest BCUT2D eigenvalue weighted by Crippen LogP contribution is -2.02. The van der Waals surface area contributed by atoms with Gasteiger partial charge in [0.15, 0.2) is 17.2 Å². The van der Waals surface area contributed by atoms with Gasteiger partial charge in [0.2, 0.25) is 0 Å². The van der Waals surface area contributed by atoms with Crippen molar-refractivity contribution in [1.82, 2.24) is 0 Å². The van der Waals surface area contributed by atoms with E-state index in [9.17, 15) is 35.5 Å². The zero-order valence-electron chi connectivity index (χ0n) is 41.5. The Morgan fingerprint density at radius 1 is 0.443 bits per heavy atom. The molecule has 79 heavy (non-hydrogen) atoms. The number of phenolic OH excluding ortho intramolecular Hbond substituents is 3. The Morgan fingerprint density at radius 2 is 0.759 bits per heavy atom. The maximum Gasteiger partial charge on any atom is 0.269 e. The lowest BCUT2D eigenvalue weighted by Gasteiger charge is -2.13. The Morgan fingerprint density at radius 3 is 1.10 bits per heavy atom. The number of hydrogen-bond acceptors (Lipinski definition) is 14. The van der Waals surface area contributed by atoms with E-state index >= 15 is 0 Å². The molecular weight excluding hydrogens is 1170 g/mol. The Bertz CT molecular complexity index is 3430. The highest BCUT2D eigenvalue weighted by Crippen LogP contribution is 2.39. The maximum absolute atomic E-state index is 11.2. The van der Waals surface area contributed by atoms with Crippen LogP contribution in [-0.2, 0) is 19.6 Å². The van der Waals surface area contributed by atoms with Crippen LogP contribution in [0.3, 0.4) is 0 Å². The van der Waals surface area contributed by atoms with Gasteiger partial charge >= 0.3 is 0 Å². The molecule has 0 amide bonds. The fraction of sp³-hybridized carbons (Fsp3) is 0.0690. The maximum atomic E-state index is 11.2. The van der Waals surface area contributed by atoms with Crippen LogP contribution in [0.2, 0.25) is 25.1 Å². The molecule has 0 aliphatic heterocycles. The normalized spacial score (nSPS) is 10.6. The first-order valence-corrected chi connectivity index (χ1v) is 27.9. The van der Waals surface area contributed by atoms with Gasteiger partial charge in [0.25, 0.3) is 11.4 Å². The van der Waals surface area contributed by atoms with Gasteiger partial charge in [0, 0.05) is 89.0 Å². The van der Waals surface area contributed by atoms with Gasteiger partial charge in [-0.15, -0.1) is 0 Å². The number of phenols is 3. The average molecular weight is 1210 g/mol. The number of hydrogen-bond donors (Lipinski definition) is 7. The largest absolute Gasteiger partial charge is 0.504 e. The fourth-order valence-corrected chi connectivity index (χ4v) is 10.8. The minimum Gasteiger partial charge on any atom is -0.504 e. The van der Waals surface area contributed by atoms with Gasteiger partial charge < -0.3 is 37.0 Å². The zero-order valence-corrected chi connectivity index (χ0v) is 47.7. The first-order valence-electron chi connectivity index (χ1n) is 23.6. The highest BCUT2D eigenvalue weighted by molar-refractivity contribution is 8.00. The molecule has 0 atom stereocenters. The second kappa shape index (κ2) is 28.7. The van der Waals surface area contributed by atoms with Crippen molar-refractivity contribution >= 4 is 127 Å². The number of rotatable bonds is 17. The van der Waals surface area contributed by atoms with Crippen LogP contribution in [0.25, 0.3) is 0 Å². The molecule has 0 spiro atoms. The Kier molecular flexibility index (Phi) is 21.6. The number of aryl methyl sites for hydroxylation is 1. The molecule has 9 rings (SSSR count). The first-order chi connectivity index (χ1) is 37.9. The summed E-state index contributed by atoms with van der Waals surface area (Å²) in [5, 5.41) is 63.9. The summed E-state index contributed by atoms with van der Waals surface area (Å²) in [5.41, 5.74) is 11.8. The Hall–Kier alpha value is -7.12. The van der Waals surface area contributed by atoms with E-state index in [1.54, 1.807) is 96.7 Å². The van der Waals surface area contributed by atoms with Crippen LogP contribution in [0.1, 0.15) is 22.3 Å². The number of nitro benzene ring substituents is 2. The quantitative estimate of drug-likeness (QED) is 0.0196. The third-order valence-corrected chi connectivity index (χ3v) is 16.1. The molecule has 8 N–H and O–H groups in total. The lowest BCUT2D eigenvalue weighted by atomic mass is 10.2. The van der Waals surface area contributed by atoms with E-state index in [1.807, 2.05) is 85.8 Å². The zero-order chi connectivity index (χ0) is 56.6. The number of nitrogens with two attached hydrogens (primary N) is 1. The monoisotopic (exact) mass is 1210 g/mol. The number of nitrogens with one attached hydrogen (secondary N) is 3. The number of aromatic hydroxyl groups is 3. The molecule has 0 aliphatic carbocycles. The van der Waals surface area contributed by atoms with Crippen LogP contribution in [0.4, 0.5) is 34.1 Å². The molecule has 0 unspecified atom stereocenters. The second-order valence-electron chi connectivity index (χ2n) is 17.0. The third-order valence-electron chi connectivity index (χ3n) is 11.3. The number of anilines is 4. The fourth-order valence-electron chi connectivity index (χ4n) is 7.21. The molecule has 13 nitrogen and oxygen atoms in total. The standard InChI is InChI=1S/C20H17ClN2O3S.C19H14Cl2N2O3S.C19H16Cl2N2OS/c1-13-5-8-16(9-6-13)27-19-10-7-15(23(25)26)11-14(19)12-22-18-4-2-3-17(21)20(18)24;20-13-4-7-15(8-5-13)27-18-9-6-14(23(25)26)10-12(18)11-22-17-3-1-2-16(21)19(17)24;20-13-4-7-15(8-5-13)25-18-9-6-14(22)10-12(18)11-23-17-3-1-2-16(21)19(17)24/h2-11,22,24H,12H2,1H3;1-10,22,24H,11H2;1-10,23-24H,11,22H2. The molecule has 0 aromatic heterocycles. The van der Waals surface area contributed by atoms with Crippen LogP contribution >= 0.6 is 93.3 Å². The Balaban J connectivity index is 0.000000172. The van der Waals surface area contributed by atoms with Crippen molar-refractivity contribution in [3.8, 4) is 17.2 Å². The molecule has 0 radical (unpaired) electrons. The third kappa shape index (κ3) is 17.4. The molecule has 9 aromatic carbocycles. The number of para-hydroxylation sites is 3. The SMILES string of the molecule is Cc1ccc(Sc2ccc([N+](=O)[O-])cc2CNc2cccc(Cl)c2O)cc1.Nc1ccc(Sc2ccc(Cl)cc2)c(CNc2cccc(Cl)c2O)c1.O=[N+]([O-])c1ccc(Sc2ccc(Cl)cc2)c(CNc2cccc(Cl)c2O)c1. The van der Waals surface area contributed by atoms with Crippen LogP contribution in [0.5, 0.6) is 17.2 Å². The molecule has 0 aliphatic rings. The number of benzene rings is 9. The van der Waals surface area contributed by atoms with Crippen LogP contribution in [0, 0.1) is 27.2 Å². The second-order valence-corrected chi connectivity index (χ2v) is 22.4. The molecule has 9 aromatic rings. The molecule has 0 fully saturated rings. The van der Waals surface area contributed by atoms with Crippen LogP contribution in [0.15, 0.2) is 211 Å². The number of nitrogens with zero attached hydrogens (tertiary/aromatic N) is 2. The molecule has 404 valence electrons. The smallest absolute Gasteiger partial charge is 0.269 e. The van der Waals surface area contributed by atoms with E-state index < -0.39 is 9.85 Å². The summed E-state index contributed by atoms with van der Waals surface area (Å²) in [4.78, 5) is 27.4. The van der Waals surface area contributed by atoms with Gasteiger partial charge in [-0.3, -0.25) is 20.2 Å². The summed E-state index contributed by atoms with van der Waals surface area (Å²) in [5.74, 6) is -0.0613. The van der Waals surface area contributed by atoms with E-state index in [4.69, 9.17) is 63.7 Å². The van der Waals surface area contributed by atoms with E-state index in [-0.39, 0.29) is 45.2 Å². The molecule has 0 saturated carbocycles. The van der Waals surface area contributed by atoms with Gasteiger partial charge in [-0.05, 0) is 151 Å². The van der Waals surface area contributed by atoms with Crippen molar-refractivity contribution in [2.24, 2.45) is 0 Å². The highest BCUT2D eigenvalue weighted by Gasteiger charge is 2.16. The van der Waals surface area contributed by atoms with Crippen LogP contribution in [-0.4, -0.2) is 25.2 Å². The van der Waals surface area contributed by atoms with Crippen molar-refractivity contribution in [3.05, 3.63) is 250 Å². The molecule has 0 saturated heterocycles. The van der Waals surface area contributed by atoms with Crippen LogP contribution < -0.4 is 21.7 Å². The number of nitro groups is 2. The van der Waals surface area contributed by atoms with Gasteiger partial charge in [0.05, 0.1) is 42.0 Å². The minimum absolute atomic E-state index is 0.00238. The van der Waals surface area contributed by atoms with Crippen molar-refractivity contribution in [3.63, 3.8) is 0 Å². The van der Waals surface area contributed by atoms with Crippen molar-refractivity contribution in [2.45, 2.75) is 55.9 Å². The topological polar surface area (TPSA) is 209 Å². The molecular formula is C58H47Cl5N6O7S3. The summed E-state index contributed by atoms with van der Waals surface area (Å²) in [6.45, 7) is 3.12. The molecule has 0 heterocycles. The summed E-state index contributed by atoms with van der Waals surface area (Å²) < 4.78 is 0. The average Bonchev–Trinajstić information content (AvgIpc) is 3.44. The van der Waals surface area contributed by atoms with Crippen molar-refractivity contribution < 1.29 is 25.2 Å². The number of halogens is 5. The number of nitrogen functional groups attached to an aromatic ring is 1. The lowest BCUT2D eigenvalue weighted by molar-refractivity contribution is -0.385. The van der Waals surface area contributed by atoms with Gasteiger partial charge in [-0.1, -0.05) is 129 Å². The molecule has 0 bridgehead atoms. The summed E-state index contributed by atoms with van der Waals surface area (Å²) in [7, 11) is 0. The van der Waals surface area contributed by atoms with Gasteiger partial charge in [-0.2, -0.15) is 0 Å². The summed E-state index contributed by atoms with van der Waals surface area (Å²) in [6.07, 6.45) is 0. The number of non-ortho nitro benzene ring substituents is 2. The first kappa shape index (κ1) is 59.5. The van der Waals surface area contributed by atoms with Gasteiger partial charge in [0.1, 0.15) is 0 Å². The highest BCUT2D eigenvalue weighted by atomic mass is 35.5. The van der Waals surface area contributed by atoms with E-state index in [0.717, 1.165) is 46.1 Å². The molecule has 21 heteroatoms. The van der Waals surface area contributed by atoms with E-state index in [2.05, 4.69) is 16.0 Å². The van der Waals surface area contributed by atoms with E-state index in [1.165, 1.54) is 47.3 Å². The van der Waals surface area contributed by atoms with E-state index in [0.29, 0.717) is 50.9 Å². The predicted octanol–water partition coefficient (Wildman–Crippen LogP) is 18.4. The minimum atomic E-state index is -0.433. The van der Waals surface area contributed by atoms with Gasteiger partial charge in [-0.25, -0.2) is 0 Å². The summed E-state index contributed by atoms with van der Waals surface area (Å²) in [6, 6.07) is 53.6. The Labute approximate surface area is 493 Å².